The highest BCUT2D eigenvalue weighted by Gasteiger charge is 2.62. The van der Waals surface area contributed by atoms with Gasteiger partial charge in [-0.2, -0.15) is 0 Å². The summed E-state index contributed by atoms with van der Waals surface area (Å²) in [6, 6.07) is 33.9. The van der Waals surface area contributed by atoms with Crippen molar-refractivity contribution < 1.29 is 33.1 Å². The normalized spacial score (nSPS) is 24.1. The third-order valence-corrected chi connectivity index (χ3v) is 12.8. The molecule has 3 fully saturated rings. The minimum absolute atomic E-state index is 0.0218. The van der Waals surface area contributed by atoms with Crippen molar-refractivity contribution >= 4 is 73.1 Å². The minimum Gasteiger partial charge on any atom is -0.508 e. The van der Waals surface area contributed by atoms with Crippen molar-refractivity contribution in [3.63, 3.8) is 0 Å². The van der Waals surface area contributed by atoms with Crippen molar-refractivity contribution in [2.24, 2.45) is 29.6 Å². The fourth-order valence-electron chi connectivity index (χ4n) is 9.72. The molecule has 0 unspecified atom stereocenters. The summed E-state index contributed by atoms with van der Waals surface area (Å²) in [5.41, 5.74) is 6.24. The summed E-state index contributed by atoms with van der Waals surface area (Å²) in [7, 11) is 0. The van der Waals surface area contributed by atoms with E-state index >= 15 is 0 Å². The number of nitrogens with zero attached hydrogens (tertiary/aromatic N) is 4. The van der Waals surface area contributed by atoms with Crippen LogP contribution in [0.1, 0.15) is 24.3 Å². The van der Waals surface area contributed by atoms with Crippen LogP contribution in [0.15, 0.2) is 140 Å². The van der Waals surface area contributed by atoms with Crippen molar-refractivity contribution in [1.29, 1.82) is 0 Å². The molecule has 1 N–H and O–H groups in total. The maximum absolute atomic E-state index is 14.7. The van der Waals surface area contributed by atoms with Crippen LogP contribution in [0.2, 0.25) is 0 Å². The zero-order valence-corrected chi connectivity index (χ0v) is 32.1. The predicted molar refractivity (Wildman–Crippen MR) is 217 cm³/mol. The molecule has 11 rings (SSSR count). The molecule has 11 nitrogen and oxygen atoms in total. The van der Waals surface area contributed by atoms with Crippen LogP contribution in [0.4, 0.5) is 11.4 Å². The molecule has 2 aliphatic heterocycles. The van der Waals surface area contributed by atoms with Gasteiger partial charge in [0, 0.05) is 27.1 Å². The monoisotopic (exact) mass is 830 g/mol. The SMILES string of the molecule is O=C1[C@H]2[C@H](CC=C3[C@H]2C[C@H]2C(=O)N(c4ccc(-c5nc6ccccc6o5)cc4)C(=O)[C@H]2[C@H]3c2cc(Br)ccc2O)C(=O)N1c1ccc(-c2nc3ccccc3o2)cc1. The smallest absolute Gasteiger partial charge is 0.238 e. The zero-order chi connectivity index (χ0) is 39.4. The van der Waals surface area contributed by atoms with E-state index in [1.54, 1.807) is 66.7 Å². The van der Waals surface area contributed by atoms with E-state index in [0.29, 0.717) is 55.5 Å². The number of benzene rings is 5. The number of para-hydroxylation sites is 4. The van der Waals surface area contributed by atoms with Gasteiger partial charge in [-0.3, -0.25) is 29.0 Å². The first-order valence-corrected chi connectivity index (χ1v) is 19.9. The zero-order valence-electron chi connectivity index (χ0n) is 30.5. The van der Waals surface area contributed by atoms with Gasteiger partial charge in [0.2, 0.25) is 35.4 Å². The molecule has 7 aromatic rings. The minimum atomic E-state index is -0.842. The number of oxazole rings is 2. The Hall–Kier alpha value is -6.66. The number of amides is 4. The number of hydrogen-bond acceptors (Lipinski definition) is 9. The molecule has 4 amide bonds. The van der Waals surface area contributed by atoms with E-state index < -0.39 is 35.5 Å². The van der Waals surface area contributed by atoms with E-state index in [1.807, 2.05) is 54.6 Å². The van der Waals surface area contributed by atoms with Gasteiger partial charge in [0.05, 0.1) is 35.0 Å². The number of anilines is 2. The van der Waals surface area contributed by atoms with E-state index in [9.17, 15) is 24.3 Å². The topological polar surface area (TPSA) is 147 Å². The van der Waals surface area contributed by atoms with Crippen LogP contribution in [-0.4, -0.2) is 38.7 Å². The average Bonchev–Trinajstić information content (AvgIpc) is 4.00. The number of aromatic hydroxyl groups is 1. The van der Waals surface area contributed by atoms with Crippen LogP contribution in [0.3, 0.4) is 0 Å². The highest BCUT2D eigenvalue weighted by atomic mass is 79.9. The van der Waals surface area contributed by atoms with Crippen molar-refractivity contribution in [2.45, 2.75) is 18.8 Å². The Labute approximate surface area is 338 Å². The molecule has 4 heterocycles. The number of halogens is 1. The van der Waals surface area contributed by atoms with Crippen LogP contribution in [-0.2, 0) is 19.2 Å². The number of allylic oxidation sites excluding steroid dienone is 2. The quantitative estimate of drug-likeness (QED) is 0.133. The van der Waals surface area contributed by atoms with E-state index in [1.165, 1.54) is 9.80 Å². The Morgan fingerprint density at radius 2 is 1.14 bits per heavy atom. The summed E-state index contributed by atoms with van der Waals surface area (Å²) in [6.45, 7) is 0. The van der Waals surface area contributed by atoms with Gasteiger partial charge in [0.15, 0.2) is 11.2 Å². The number of carbonyl (C=O) groups excluding carboxylic acids is 4. The lowest BCUT2D eigenvalue weighted by Gasteiger charge is -2.44. The maximum Gasteiger partial charge on any atom is 0.238 e. The lowest BCUT2D eigenvalue weighted by Crippen LogP contribution is -2.43. The van der Waals surface area contributed by atoms with Crippen LogP contribution in [0.5, 0.6) is 5.75 Å². The highest BCUT2D eigenvalue weighted by molar-refractivity contribution is 9.10. The van der Waals surface area contributed by atoms with Gasteiger partial charge in [0.1, 0.15) is 16.8 Å². The second-order valence-corrected chi connectivity index (χ2v) is 16.2. The first-order valence-electron chi connectivity index (χ1n) is 19.1. The standard InChI is InChI=1S/C46H31BrN4O7/c47-25-13-20-35(52)31(21-25)38-28-18-19-29-39(45(55)50(43(29)53)26-14-9-23(10-15-26)41-48-33-5-1-3-7-36(33)57-41)30(28)22-32-40(38)46(56)51(44(32)54)27-16-11-24(12-17-27)42-49-34-6-2-4-8-37(34)58-42/h1-18,20-21,29-30,32,38-40,52H,19,22H2/t29-,30+,32+,38+,39-,40+/m0/s1. The molecule has 6 atom stereocenters. The molecule has 0 bridgehead atoms. The van der Waals surface area contributed by atoms with Crippen molar-refractivity contribution in [3.8, 4) is 28.7 Å². The Bertz CT molecular complexity index is 2850. The lowest BCUT2D eigenvalue weighted by molar-refractivity contribution is -0.126. The molecule has 0 spiro atoms. The van der Waals surface area contributed by atoms with Crippen molar-refractivity contribution in [1.82, 2.24) is 9.97 Å². The second kappa shape index (κ2) is 12.9. The van der Waals surface area contributed by atoms with E-state index in [4.69, 9.17) is 8.83 Å². The number of imide groups is 2. The number of hydrogen-bond donors (Lipinski definition) is 1. The van der Waals surface area contributed by atoms with Gasteiger partial charge in [-0.1, -0.05) is 51.8 Å². The summed E-state index contributed by atoms with van der Waals surface area (Å²) in [6.07, 6.45) is 2.45. The Balaban J connectivity index is 0.932. The Morgan fingerprint density at radius 1 is 0.603 bits per heavy atom. The number of fused-ring (bicyclic) bond motifs is 6. The molecule has 2 aromatic heterocycles. The predicted octanol–water partition coefficient (Wildman–Crippen LogP) is 8.82. The number of phenolic OH excluding ortho intramolecular Hbond substituents is 1. The molecular formula is C46H31BrN4O7. The Morgan fingerprint density at radius 3 is 1.71 bits per heavy atom. The van der Waals surface area contributed by atoms with Gasteiger partial charge in [-0.15, -0.1) is 0 Å². The van der Waals surface area contributed by atoms with Gasteiger partial charge in [0.25, 0.3) is 0 Å². The van der Waals surface area contributed by atoms with Crippen LogP contribution < -0.4 is 9.80 Å². The van der Waals surface area contributed by atoms with Gasteiger partial charge in [-0.05, 0) is 110 Å². The van der Waals surface area contributed by atoms with Crippen LogP contribution in [0.25, 0.3) is 45.1 Å². The number of phenols is 1. The number of carbonyl (C=O) groups is 4. The van der Waals surface area contributed by atoms with E-state index in [0.717, 1.165) is 16.6 Å². The molecule has 0 radical (unpaired) electrons. The lowest BCUT2D eigenvalue weighted by atomic mass is 9.57. The summed E-state index contributed by atoms with van der Waals surface area (Å²) < 4.78 is 12.6. The average molecular weight is 832 g/mol. The van der Waals surface area contributed by atoms with Crippen molar-refractivity contribution in [2.75, 3.05) is 9.80 Å². The van der Waals surface area contributed by atoms with E-state index in [-0.39, 0.29) is 42.2 Å². The largest absolute Gasteiger partial charge is 0.508 e. The summed E-state index contributed by atoms with van der Waals surface area (Å²) in [4.78, 5) is 69.6. The fourth-order valence-corrected chi connectivity index (χ4v) is 10.1. The molecule has 12 heteroatoms. The molecule has 4 aliphatic rings. The molecule has 1 saturated carbocycles. The summed E-state index contributed by atoms with van der Waals surface area (Å²) >= 11 is 3.54. The highest BCUT2D eigenvalue weighted by Crippen LogP contribution is 2.59. The summed E-state index contributed by atoms with van der Waals surface area (Å²) in [5.74, 6) is -4.88. The van der Waals surface area contributed by atoms with Crippen LogP contribution in [0, 0.1) is 29.6 Å². The first-order chi connectivity index (χ1) is 28.2. The fraction of sp³-hybridized carbons (Fsp3) is 0.174. The molecule has 2 saturated heterocycles. The molecule has 2 aliphatic carbocycles. The first kappa shape index (κ1) is 34.6. The molecule has 5 aromatic carbocycles. The van der Waals surface area contributed by atoms with Gasteiger partial charge >= 0.3 is 0 Å². The second-order valence-electron chi connectivity index (χ2n) is 15.3. The van der Waals surface area contributed by atoms with Gasteiger partial charge < -0.3 is 13.9 Å². The maximum atomic E-state index is 14.7. The van der Waals surface area contributed by atoms with Crippen molar-refractivity contribution in [3.05, 3.63) is 137 Å². The Kier molecular flexibility index (Phi) is 7.71. The molecule has 58 heavy (non-hydrogen) atoms. The van der Waals surface area contributed by atoms with E-state index in [2.05, 4.69) is 25.9 Å². The molecular weight excluding hydrogens is 800 g/mol. The third kappa shape index (κ3) is 5.17. The number of aromatic nitrogens is 2. The summed E-state index contributed by atoms with van der Waals surface area (Å²) in [5, 5.41) is 11.3. The molecule has 284 valence electrons. The number of rotatable bonds is 5. The van der Waals surface area contributed by atoms with Gasteiger partial charge in [-0.25, -0.2) is 9.97 Å². The van der Waals surface area contributed by atoms with Crippen LogP contribution >= 0.6 is 15.9 Å². The third-order valence-electron chi connectivity index (χ3n) is 12.3.